The van der Waals surface area contributed by atoms with E-state index in [-0.39, 0.29) is 0 Å². The third-order valence-electron chi connectivity index (χ3n) is 3.12. The van der Waals surface area contributed by atoms with Gasteiger partial charge in [0, 0.05) is 27.2 Å². The maximum absolute atomic E-state index is 5.41. The van der Waals surface area contributed by atoms with E-state index in [1.165, 1.54) is 0 Å². The predicted octanol–water partition coefficient (Wildman–Crippen LogP) is 1.04. The quantitative estimate of drug-likeness (QED) is 0.472. The van der Waals surface area contributed by atoms with Crippen LogP contribution in [0.3, 0.4) is 0 Å². The fraction of sp³-hybridized carbons (Fsp3) is 1.00. The SMILES string of the molecule is CCNCC(C)(C)CCCC(OC)(OC)O[SiH3]. The summed E-state index contributed by atoms with van der Waals surface area (Å²) in [7, 11) is 3.87. The Kier molecular flexibility index (Phi) is 8.24. The molecule has 0 amide bonds. The Morgan fingerprint density at radius 3 is 2.12 bits per heavy atom. The van der Waals surface area contributed by atoms with Crippen LogP contribution >= 0.6 is 0 Å². The summed E-state index contributed by atoms with van der Waals surface area (Å²) in [6.07, 6.45) is 2.93. The van der Waals surface area contributed by atoms with Gasteiger partial charge in [0.05, 0.1) is 0 Å². The number of methoxy groups -OCH3 is 2. The largest absolute Gasteiger partial charge is 0.380 e. The van der Waals surface area contributed by atoms with Crippen LogP contribution in [0.15, 0.2) is 0 Å². The first-order chi connectivity index (χ1) is 7.95. The van der Waals surface area contributed by atoms with Crippen LogP contribution in [0.2, 0.25) is 0 Å². The van der Waals surface area contributed by atoms with Crippen molar-refractivity contribution in [3.63, 3.8) is 0 Å². The van der Waals surface area contributed by atoms with Crippen LogP contribution in [0, 0.1) is 5.41 Å². The standard InChI is InChI=1S/C12H29NO3Si/c1-6-13-10-11(2,3)8-7-9-12(14-4,15-5)16-17/h13H,6-10H2,1-5,17H3. The smallest absolute Gasteiger partial charge is 0.272 e. The number of rotatable bonds is 10. The molecule has 0 aliphatic rings. The fourth-order valence-electron chi connectivity index (χ4n) is 1.89. The third kappa shape index (κ3) is 6.52. The third-order valence-corrected chi connectivity index (χ3v) is 3.75. The Morgan fingerprint density at radius 2 is 1.71 bits per heavy atom. The molecule has 0 unspecified atom stereocenters. The number of hydrogen-bond acceptors (Lipinski definition) is 4. The Bertz CT molecular complexity index is 188. The molecule has 5 heteroatoms. The molecule has 0 saturated carbocycles. The van der Waals surface area contributed by atoms with Crippen molar-refractivity contribution in [3.8, 4) is 0 Å². The summed E-state index contributed by atoms with van der Waals surface area (Å²) in [5.74, 6) is -0.819. The van der Waals surface area contributed by atoms with Gasteiger partial charge in [-0.05, 0) is 24.8 Å². The second-order valence-corrected chi connectivity index (χ2v) is 5.50. The monoisotopic (exact) mass is 263 g/mol. The molecule has 0 aromatic carbocycles. The van der Waals surface area contributed by atoms with Crippen molar-refractivity contribution in [2.24, 2.45) is 5.41 Å². The van der Waals surface area contributed by atoms with Gasteiger partial charge in [-0.25, -0.2) is 0 Å². The first-order valence-electron chi connectivity index (χ1n) is 6.31. The average Bonchev–Trinajstić information content (AvgIpc) is 2.33. The number of nitrogens with one attached hydrogen (secondary N) is 1. The second-order valence-electron chi connectivity index (χ2n) is 5.09. The molecule has 0 bridgehead atoms. The summed E-state index contributed by atoms with van der Waals surface area (Å²) < 4.78 is 16.0. The molecular weight excluding hydrogens is 234 g/mol. The molecule has 0 atom stereocenters. The van der Waals surface area contributed by atoms with Gasteiger partial charge in [-0.3, -0.25) is 0 Å². The zero-order valence-electron chi connectivity index (χ0n) is 12.3. The maximum Gasteiger partial charge on any atom is 0.272 e. The molecule has 0 fully saturated rings. The van der Waals surface area contributed by atoms with Crippen molar-refractivity contribution in [2.75, 3.05) is 27.3 Å². The van der Waals surface area contributed by atoms with Crippen molar-refractivity contribution in [1.29, 1.82) is 0 Å². The molecule has 0 aromatic heterocycles. The molecule has 0 aliphatic heterocycles. The lowest BCUT2D eigenvalue weighted by Gasteiger charge is -2.31. The van der Waals surface area contributed by atoms with Crippen LogP contribution in [0.4, 0.5) is 0 Å². The van der Waals surface area contributed by atoms with Gasteiger partial charge in [-0.15, -0.1) is 0 Å². The summed E-state index contributed by atoms with van der Waals surface area (Å²) in [5.41, 5.74) is 0.300. The van der Waals surface area contributed by atoms with Crippen molar-refractivity contribution in [2.45, 2.75) is 46.0 Å². The molecular formula is C12H29NO3Si. The van der Waals surface area contributed by atoms with E-state index < -0.39 is 5.97 Å². The van der Waals surface area contributed by atoms with E-state index in [2.05, 4.69) is 26.1 Å². The van der Waals surface area contributed by atoms with Gasteiger partial charge < -0.3 is 19.2 Å². The normalized spacial score (nSPS) is 13.2. The predicted molar refractivity (Wildman–Crippen MR) is 73.9 cm³/mol. The van der Waals surface area contributed by atoms with Crippen molar-refractivity contribution < 1.29 is 13.9 Å². The van der Waals surface area contributed by atoms with Crippen molar-refractivity contribution in [3.05, 3.63) is 0 Å². The Hall–Kier alpha value is 0.0569. The van der Waals surface area contributed by atoms with Crippen LogP contribution in [-0.2, 0) is 13.9 Å². The van der Waals surface area contributed by atoms with E-state index >= 15 is 0 Å². The van der Waals surface area contributed by atoms with E-state index in [9.17, 15) is 0 Å². The highest BCUT2D eigenvalue weighted by Crippen LogP contribution is 2.26. The lowest BCUT2D eigenvalue weighted by molar-refractivity contribution is -0.325. The minimum Gasteiger partial charge on any atom is -0.380 e. The first kappa shape index (κ1) is 17.1. The summed E-state index contributed by atoms with van der Waals surface area (Å²) in [4.78, 5) is 0. The number of ether oxygens (including phenoxy) is 2. The zero-order valence-corrected chi connectivity index (χ0v) is 14.3. The van der Waals surface area contributed by atoms with E-state index in [1.807, 2.05) is 0 Å². The topological polar surface area (TPSA) is 39.7 Å². The minimum atomic E-state index is -0.819. The van der Waals surface area contributed by atoms with Gasteiger partial charge in [0.2, 0.25) is 0 Å². The fourth-order valence-corrected chi connectivity index (χ4v) is 2.43. The molecule has 104 valence electrons. The van der Waals surface area contributed by atoms with Crippen LogP contribution in [0.25, 0.3) is 0 Å². The van der Waals surface area contributed by atoms with E-state index in [0.717, 1.165) is 32.4 Å². The highest BCUT2D eigenvalue weighted by molar-refractivity contribution is 5.98. The van der Waals surface area contributed by atoms with Gasteiger partial charge in [-0.1, -0.05) is 20.8 Å². The maximum atomic E-state index is 5.41. The Balaban J connectivity index is 4.02. The van der Waals surface area contributed by atoms with Crippen molar-refractivity contribution in [1.82, 2.24) is 5.32 Å². The molecule has 0 aliphatic carbocycles. The minimum absolute atomic E-state index is 0.300. The second kappa shape index (κ2) is 8.21. The summed E-state index contributed by atoms with van der Waals surface area (Å²) >= 11 is 0. The molecule has 4 nitrogen and oxygen atoms in total. The molecule has 0 heterocycles. The van der Waals surface area contributed by atoms with Gasteiger partial charge in [-0.2, -0.15) is 0 Å². The molecule has 17 heavy (non-hydrogen) atoms. The first-order valence-corrected chi connectivity index (χ1v) is 7.13. The van der Waals surface area contributed by atoms with Crippen LogP contribution in [-0.4, -0.2) is 43.8 Å². The Labute approximate surface area is 109 Å². The van der Waals surface area contributed by atoms with Gasteiger partial charge >= 0.3 is 0 Å². The zero-order chi connectivity index (χ0) is 13.4. The van der Waals surface area contributed by atoms with Crippen LogP contribution in [0.1, 0.15) is 40.0 Å². The lowest BCUT2D eigenvalue weighted by atomic mass is 9.87. The van der Waals surface area contributed by atoms with Crippen LogP contribution < -0.4 is 5.32 Å². The lowest BCUT2D eigenvalue weighted by Crippen LogP contribution is -2.37. The van der Waals surface area contributed by atoms with Gasteiger partial charge in [0.25, 0.3) is 5.97 Å². The van der Waals surface area contributed by atoms with Gasteiger partial charge in [0.1, 0.15) is 0 Å². The molecule has 0 aromatic rings. The highest BCUT2D eigenvalue weighted by Gasteiger charge is 2.29. The van der Waals surface area contributed by atoms with Gasteiger partial charge in [0.15, 0.2) is 10.5 Å². The summed E-state index contributed by atoms with van der Waals surface area (Å²) in [6.45, 7) is 8.74. The molecule has 0 rings (SSSR count). The highest BCUT2D eigenvalue weighted by atomic mass is 28.2. The van der Waals surface area contributed by atoms with E-state index in [0.29, 0.717) is 15.9 Å². The summed E-state index contributed by atoms with van der Waals surface area (Å²) in [6, 6.07) is 0. The molecule has 0 saturated heterocycles. The molecule has 1 N–H and O–H groups in total. The van der Waals surface area contributed by atoms with E-state index in [4.69, 9.17) is 13.9 Å². The van der Waals surface area contributed by atoms with Crippen molar-refractivity contribution >= 4 is 10.5 Å². The average molecular weight is 263 g/mol. The van der Waals surface area contributed by atoms with Crippen LogP contribution in [0.5, 0.6) is 0 Å². The summed E-state index contributed by atoms with van der Waals surface area (Å²) in [5, 5.41) is 3.39. The van der Waals surface area contributed by atoms with E-state index in [1.54, 1.807) is 14.2 Å². The Morgan fingerprint density at radius 1 is 1.12 bits per heavy atom. The molecule has 0 spiro atoms. The number of hydrogen-bond donors (Lipinski definition) is 1. The molecule has 0 radical (unpaired) electrons.